The summed E-state index contributed by atoms with van der Waals surface area (Å²) < 4.78 is 0. The van der Waals surface area contributed by atoms with Gasteiger partial charge < -0.3 is 11.1 Å². The average molecular weight is 382 g/mol. The summed E-state index contributed by atoms with van der Waals surface area (Å²) >= 11 is 0. The van der Waals surface area contributed by atoms with Crippen molar-refractivity contribution in [1.29, 1.82) is 0 Å². The van der Waals surface area contributed by atoms with E-state index in [1.165, 1.54) is 32.4 Å². The summed E-state index contributed by atoms with van der Waals surface area (Å²) in [5.41, 5.74) is 5.88. The van der Waals surface area contributed by atoms with Crippen LogP contribution in [0.15, 0.2) is 4.99 Å². The van der Waals surface area contributed by atoms with E-state index < -0.39 is 0 Å². The Bertz CT molecular complexity index is 250. The highest BCUT2D eigenvalue weighted by molar-refractivity contribution is 14.0. The fraction of sp³-hybridized carbons (Fsp3) is 0.929. The van der Waals surface area contributed by atoms with E-state index in [2.05, 4.69) is 36.0 Å². The van der Waals surface area contributed by atoms with E-state index in [1.807, 2.05) is 0 Å². The molecule has 1 aliphatic rings. The molecule has 0 aromatic rings. The molecule has 1 heterocycles. The topological polar surface area (TPSA) is 53.6 Å². The number of unbranched alkanes of at least 4 members (excludes halogenated alkanes) is 1. The summed E-state index contributed by atoms with van der Waals surface area (Å²) in [5, 5.41) is 3.18. The molecule has 5 heteroatoms. The van der Waals surface area contributed by atoms with Crippen molar-refractivity contribution in [2.24, 2.45) is 16.6 Å². The van der Waals surface area contributed by atoms with Crippen LogP contribution in [0.1, 0.15) is 46.5 Å². The predicted molar refractivity (Wildman–Crippen MR) is 94.2 cm³/mol. The van der Waals surface area contributed by atoms with E-state index in [9.17, 15) is 0 Å². The Hall–Kier alpha value is -0.0400. The number of likely N-dealkylation sites (tertiary alicyclic amines) is 1. The molecule has 1 fully saturated rings. The minimum Gasteiger partial charge on any atom is -0.370 e. The summed E-state index contributed by atoms with van der Waals surface area (Å²) in [6.07, 6.45) is 4.99. The lowest BCUT2D eigenvalue weighted by Gasteiger charge is -2.29. The molecule has 1 rings (SSSR count). The minimum atomic E-state index is 0. The second-order valence-corrected chi connectivity index (χ2v) is 5.56. The smallest absolute Gasteiger partial charge is 0.188 e. The van der Waals surface area contributed by atoms with E-state index >= 15 is 0 Å². The highest BCUT2D eigenvalue weighted by Gasteiger charge is 2.24. The van der Waals surface area contributed by atoms with Gasteiger partial charge in [-0.15, -0.1) is 24.0 Å². The summed E-state index contributed by atoms with van der Waals surface area (Å²) in [6, 6.07) is 0.541. The third-order valence-corrected chi connectivity index (χ3v) is 3.66. The van der Waals surface area contributed by atoms with Crippen molar-refractivity contribution in [3.8, 4) is 0 Å². The molecule has 4 nitrogen and oxygen atoms in total. The number of nitrogens with zero attached hydrogens (tertiary/aromatic N) is 2. The van der Waals surface area contributed by atoms with Gasteiger partial charge in [-0.1, -0.05) is 27.2 Å². The first-order valence-corrected chi connectivity index (χ1v) is 7.43. The zero-order valence-electron chi connectivity index (χ0n) is 12.7. The molecule has 0 bridgehead atoms. The normalized spacial score (nSPS) is 18.4. The first-order valence-electron chi connectivity index (χ1n) is 7.43. The number of guanidine groups is 1. The molecule has 1 saturated heterocycles. The fourth-order valence-electron chi connectivity index (χ4n) is 2.46. The van der Waals surface area contributed by atoms with Gasteiger partial charge in [0.1, 0.15) is 0 Å². The summed E-state index contributed by atoms with van der Waals surface area (Å²) in [5.74, 6) is 1.24. The summed E-state index contributed by atoms with van der Waals surface area (Å²) in [4.78, 5) is 7.07. The molecule has 3 N–H and O–H groups in total. The predicted octanol–water partition coefficient (Wildman–Crippen LogP) is 2.43. The molecule has 0 aromatic heterocycles. The van der Waals surface area contributed by atoms with Crippen LogP contribution in [0.3, 0.4) is 0 Å². The van der Waals surface area contributed by atoms with Crippen molar-refractivity contribution in [2.75, 3.05) is 26.2 Å². The van der Waals surface area contributed by atoms with Crippen LogP contribution in [0.5, 0.6) is 0 Å². The Morgan fingerprint density at radius 2 is 1.95 bits per heavy atom. The Labute approximate surface area is 135 Å². The van der Waals surface area contributed by atoms with Gasteiger partial charge in [-0.25, -0.2) is 0 Å². The second-order valence-electron chi connectivity index (χ2n) is 5.56. The molecule has 0 spiro atoms. The van der Waals surface area contributed by atoms with Crippen LogP contribution in [0.25, 0.3) is 0 Å². The number of hydrogen-bond acceptors (Lipinski definition) is 2. The zero-order chi connectivity index (χ0) is 13.4. The number of hydrogen-bond donors (Lipinski definition) is 2. The van der Waals surface area contributed by atoms with Gasteiger partial charge in [0.15, 0.2) is 5.96 Å². The van der Waals surface area contributed by atoms with Gasteiger partial charge in [0.25, 0.3) is 0 Å². The zero-order valence-corrected chi connectivity index (χ0v) is 15.0. The lowest BCUT2D eigenvalue weighted by Crippen LogP contribution is -2.41. The number of rotatable bonds is 7. The Balaban J connectivity index is 0.00000324. The first-order chi connectivity index (χ1) is 8.65. The van der Waals surface area contributed by atoms with Crippen molar-refractivity contribution in [3.05, 3.63) is 0 Å². The highest BCUT2D eigenvalue weighted by Crippen LogP contribution is 2.17. The second kappa shape index (κ2) is 10.7. The summed E-state index contributed by atoms with van der Waals surface area (Å²) in [7, 11) is 0. The largest absolute Gasteiger partial charge is 0.370 e. The van der Waals surface area contributed by atoms with Gasteiger partial charge in [-0.3, -0.25) is 9.89 Å². The van der Waals surface area contributed by atoms with Crippen molar-refractivity contribution < 1.29 is 0 Å². The van der Waals surface area contributed by atoms with Crippen molar-refractivity contribution in [3.63, 3.8) is 0 Å². The number of nitrogens with two attached hydrogens (primary N) is 1. The molecule has 0 aliphatic carbocycles. The van der Waals surface area contributed by atoms with Crippen molar-refractivity contribution in [1.82, 2.24) is 10.2 Å². The lowest BCUT2D eigenvalue weighted by atomic mass is 10.0. The van der Waals surface area contributed by atoms with Crippen molar-refractivity contribution in [2.45, 2.75) is 52.5 Å². The van der Waals surface area contributed by atoms with Crippen molar-refractivity contribution >= 4 is 29.9 Å². The lowest BCUT2D eigenvalue weighted by molar-refractivity contribution is 0.197. The van der Waals surface area contributed by atoms with Gasteiger partial charge >= 0.3 is 0 Å². The van der Waals surface area contributed by atoms with Crippen LogP contribution in [0.2, 0.25) is 0 Å². The molecule has 1 atom stereocenters. The molecule has 0 radical (unpaired) electrons. The Kier molecular flexibility index (Phi) is 10.7. The van der Waals surface area contributed by atoms with Gasteiger partial charge in [0, 0.05) is 12.6 Å². The first kappa shape index (κ1) is 19.0. The van der Waals surface area contributed by atoms with Crippen LogP contribution in [0.4, 0.5) is 0 Å². The monoisotopic (exact) mass is 382 g/mol. The third-order valence-electron chi connectivity index (χ3n) is 3.66. The average Bonchev–Trinajstić information content (AvgIpc) is 2.83. The molecule has 0 amide bonds. The van der Waals surface area contributed by atoms with Gasteiger partial charge in [-0.05, 0) is 38.3 Å². The van der Waals surface area contributed by atoms with Crippen LogP contribution in [-0.4, -0.2) is 43.1 Å². The Morgan fingerprint density at radius 3 is 2.47 bits per heavy atom. The standard InChI is InChI=1S/C14H30N4.HI/c1-4-5-8-16-14(15)17-11-13(12(2)3)18-9-6-7-10-18;/h12-13H,4-11H2,1-3H3,(H3,15,16,17);1H. The third kappa shape index (κ3) is 7.34. The number of aliphatic imine (C=N–C) groups is 1. The molecular formula is C14H31IN4. The van der Waals surface area contributed by atoms with Gasteiger partial charge in [0.2, 0.25) is 0 Å². The number of nitrogens with one attached hydrogen (secondary N) is 1. The van der Waals surface area contributed by atoms with Gasteiger partial charge in [0.05, 0.1) is 6.54 Å². The molecule has 0 saturated carbocycles. The molecule has 1 aliphatic heterocycles. The Morgan fingerprint density at radius 1 is 1.32 bits per heavy atom. The van der Waals surface area contributed by atoms with Crippen LogP contribution in [0, 0.1) is 5.92 Å². The molecule has 1 unspecified atom stereocenters. The number of halogens is 1. The maximum absolute atomic E-state index is 5.88. The molecule has 0 aromatic carbocycles. The van der Waals surface area contributed by atoms with Crippen LogP contribution >= 0.6 is 24.0 Å². The van der Waals surface area contributed by atoms with E-state index in [-0.39, 0.29) is 24.0 Å². The van der Waals surface area contributed by atoms with Crippen LogP contribution < -0.4 is 11.1 Å². The highest BCUT2D eigenvalue weighted by atomic mass is 127. The van der Waals surface area contributed by atoms with E-state index in [0.717, 1.165) is 19.5 Å². The SMILES string of the molecule is CCCCNC(N)=NCC(C(C)C)N1CCCC1.I. The molecule has 114 valence electrons. The molecular weight excluding hydrogens is 351 g/mol. The van der Waals surface area contributed by atoms with Crippen LogP contribution in [-0.2, 0) is 0 Å². The van der Waals surface area contributed by atoms with Gasteiger partial charge in [-0.2, -0.15) is 0 Å². The quantitative estimate of drug-likeness (QED) is 0.308. The fourth-order valence-corrected chi connectivity index (χ4v) is 2.46. The summed E-state index contributed by atoms with van der Waals surface area (Å²) in [6.45, 7) is 10.9. The maximum Gasteiger partial charge on any atom is 0.188 e. The maximum atomic E-state index is 5.88. The van der Waals surface area contributed by atoms with E-state index in [1.54, 1.807) is 0 Å². The molecule has 19 heavy (non-hydrogen) atoms. The minimum absolute atomic E-state index is 0. The van der Waals surface area contributed by atoms with E-state index in [0.29, 0.717) is 17.9 Å². The van der Waals surface area contributed by atoms with E-state index in [4.69, 9.17) is 5.73 Å².